The number of thiophene rings is 1. The third kappa shape index (κ3) is 3.19. The van der Waals surface area contributed by atoms with E-state index in [-0.39, 0.29) is 17.8 Å². The Morgan fingerprint density at radius 3 is 2.72 bits per heavy atom. The molecule has 0 unspecified atom stereocenters. The van der Waals surface area contributed by atoms with Gasteiger partial charge in [0.1, 0.15) is 11.6 Å². The number of carbonyl (C=O) groups excluding carboxylic acids is 1. The lowest BCUT2D eigenvalue weighted by Crippen LogP contribution is -2.07. The van der Waals surface area contributed by atoms with Crippen molar-refractivity contribution in [2.45, 2.75) is 12.8 Å². The summed E-state index contributed by atoms with van der Waals surface area (Å²) in [6, 6.07) is 6.33. The van der Waals surface area contributed by atoms with Gasteiger partial charge in [0.2, 0.25) is 0 Å². The number of halogens is 3. The number of rotatable bonds is 4. The molecular weight excluding hydrogens is 339 g/mol. The molecule has 1 nitrogen and oxygen atoms in total. The van der Waals surface area contributed by atoms with E-state index in [0.717, 1.165) is 9.35 Å². The van der Waals surface area contributed by atoms with Gasteiger partial charge in [-0.05, 0) is 39.5 Å². The lowest BCUT2D eigenvalue weighted by atomic mass is 10.1. The highest BCUT2D eigenvalue weighted by molar-refractivity contribution is 9.10. The van der Waals surface area contributed by atoms with E-state index in [4.69, 9.17) is 11.6 Å². The fraction of sp³-hybridized carbons (Fsp3) is 0.154. The highest BCUT2D eigenvalue weighted by Crippen LogP contribution is 2.25. The van der Waals surface area contributed by atoms with E-state index >= 15 is 0 Å². The normalized spacial score (nSPS) is 10.6. The molecule has 0 aliphatic carbocycles. The molecule has 0 saturated carbocycles. The molecule has 0 spiro atoms. The minimum Gasteiger partial charge on any atom is -0.299 e. The fourth-order valence-corrected chi connectivity index (χ4v) is 3.34. The number of ketones is 1. The second kappa shape index (κ2) is 5.95. The Labute approximate surface area is 122 Å². The monoisotopic (exact) mass is 346 g/mol. The van der Waals surface area contributed by atoms with Crippen LogP contribution in [0.25, 0.3) is 0 Å². The zero-order chi connectivity index (χ0) is 13.1. The van der Waals surface area contributed by atoms with Crippen LogP contribution in [0.2, 0.25) is 5.02 Å². The molecule has 0 aliphatic heterocycles. The van der Waals surface area contributed by atoms with Crippen LogP contribution in [0.5, 0.6) is 0 Å². The number of hydrogen-bond acceptors (Lipinski definition) is 2. The van der Waals surface area contributed by atoms with Crippen LogP contribution in [0, 0.1) is 5.82 Å². The van der Waals surface area contributed by atoms with Crippen LogP contribution in [0.3, 0.4) is 0 Å². The largest absolute Gasteiger partial charge is 0.299 e. The summed E-state index contributed by atoms with van der Waals surface area (Å²) in [6.45, 7) is 0. The Balaban J connectivity index is 2.10. The average Bonchev–Trinajstić information content (AvgIpc) is 2.70. The first-order chi connectivity index (χ1) is 8.58. The van der Waals surface area contributed by atoms with Crippen molar-refractivity contribution in [3.63, 3.8) is 0 Å². The quantitative estimate of drug-likeness (QED) is 0.786. The van der Waals surface area contributed by atoms with Crippen LogP contribution in [-0.2, 0) is 17.6 Å². The average molecular weight is 348 g/mol. The molecule has 0 N–H and O–H groups in total. The molecule has 0 saturated heterocycles. The third-order valence-corrected chi connectivity index (χ3v) is 4.76. The van der Waals surface area contributed by atoms with Crippen molar-refractivity contribution in [2.75, 3.05) is 0 Å². The summed E-state index contributed by atoms with van der Waals surface area (Å²) in [7, 11) is 0. The maximum absolute atomic E-state index is 13.5. The molecule has 0 radical (unpaired) electrons. The lowest BCUT2D eigenvalue weighted by molar-refractivity contribution is -0.117. The minimum atomic E-state index is -0.430. The molecule has 0 bridgehead atoms. The van der Waals surface area contributed by atoms with Crippen LogP contribution in [0.15, 0.2) is 34.1 Å². The summed E-state index contributed by atoms with van der Waals surface area (Å²) < 4.78 is 14.4. The topological polar surface area (TPSA) is 17.1 Å². The summed E-state index contributed by atoms with van der Waals surface area (Å²) >= 11 is 10.8. The van der Waals surface area contributed by atoms with E-state index in [1.807, 2.05) is 11.4 Å². The van der Waals surface area contributed by atoms with Crippen molar-refractivity contribution in [3.05, 3.63) is 55.4 Å². The van der Waals surface area contributed by atoms with Gasteiger partial charge in [0, 0.05) is 32.8 Å². The zero-order valence-corrected chi connectivity index (χ0v) is 12.4. The summed E-state index contributed by atoms with van der Waals surface area (Å²) in [4.78, 5) is 12.8. The first kappa shape index (κ1) is 13.7. The second-order valence-corrected chi connectivity index (χ2v) is 6.05. The van der Waals surface area contributed by atoms with E-state index < -0.39 is 5.82 Å². The molecule has 5 heteroatoms. The Morgan fingerprint density at radius 2 is 2.11 bits per heavy atom. The maximum Gasteiger partial charge on any atom is 0.142 e. The summed E-state index contributed by atoms with van der Waals surface area (Å²) in [6.07, 6.45) is 0.318. The van der Waals surface area contributed by atoms with Crippen molar-refractivity contribution in [1.29, 1.82) is 0 Å². The van der Waals surface area contributed by atoms with Gasteiger partial charge >= 0.3 is 0 Å². The molecule has 94 valence electrons. The van der Waals surface area contributed by atoms with E-state index in [9.17, 15) is 9.18 Å². The summed E-state index contributed by atoms with van der Waals surface area (Å²) in [5.41, 5.74) is 0.275. The van der Waals surface area contributed by atoms with Crippen LogP contribution < -0.4 is 0 Å². The van der Waals surface area contributed by atoms with Crippen molar-refractivity contribution in [2.24, 2.45) is 0 Å². The van der Waals surface area contributed by atoms with E-state index in [1.165, 1.54) is 23.5 Å². The van der Waals surface area contributed by atoms with Gasteiger partial charge < -0.3 is 0 Å². The van der Waals surface area contributed by atoms with Crippen molar-refractivity contribution in [1.82, 2.24) is 0 Å². The van der Waals surface area contributed by atoms with Gasteiger partial charge in [0.25, 0.3) is 0 Å². The van der Waals surface area contributed by atoms with Gasteiger partial charge in [-0.1, -0.05) is 17.7 Å². The molecule has 1 heterocycles. The standard InChI is InChI=1S/C13H9BrClFOS/c14-10-4-5-18-13(10)7-8(17)6-9-11(15)2-1-3-12(9)16/h1-5H,6-7H2. The molecule has 2 rings (SSSR count). The van der Waals surface area contributed by atoms with Gasteiger partial charge in [-0.3, -0.25) is 4.79 Å². The van der Waals surface area contributed by atoms with Crippen LogP contribution in [0.1, 0.15) is 10.4 Å². The predicted octanol–water partition coefficient (Wildman–Crippen LogP) is 4.66. The smallest absolute Gasteiger partial charge is 0.142 e. The number of Topliss-reactive ketones (excluding diaryl/α,β-unsaturated/α-hetero) is 1. The maximum atomic E-state index is 13.5. The van der Waals surface area contributed by atoms with Crippen LogP contribution >= 0.6 is 38.9 Å². The first-order valence-electron chi connectivity index (χ1n) is 5.24. The minimum absolute atomic E-state index is 0.0237. The lowest BCUT2D eigenvalue weighted by Gasteiger charge is -2.04. The van der Waals surface area contributed by atoms with Crippen molar-refractivity contribution < 1.29 is 9.18 Å². The number of carbonyl (C=O) groups is 1. The van der Waals surface area contributed by atoms with Gasteiger partial charge in [0.05, 0.1) is 0 Å². The van der Waals surface area contributed by atoms with Crippen LogP contribution in [-0.4, -0.2) is 5.78 Å². The SMILES string of the molecule is O=C(Cc1sccc1Br)Cc1c(F)cccc1Cl. The third-order valence-electron chi connectivity index (χ3n) is 2.48. The van der Waals surface area contributed by atoms with Gasteiger partial charge in [-0.25, -0.2) is 4.39 Å². The van der Waals surface area contributed by atoms with Gasteiger partial charge in [-0.15, -0.1) is 11.3 Å². The predicted molar refractivity (Wildman–Crippen MR) is 75.8 cm³/mol. The second-order valence-electron chi connectivity index (χ2n) is 3.78. The van der Waals surface area contributed by atoms with Crippen molar-refractivity contribution >= 4 is 44.7 Å². The first-order valence-corrected chi connectivity index (χ1v) is 7.29. The van der Waals surface area contributed by atoms with E-state index in [0.29, 0.717) is 11.4 Å². The highest BCUT2D eigenvalue weighted by atomic mass is 79.9. The number of benzene rings is 1. The van der Waals surface area contributed by atoms with Gasteiger partial charge in [0.15, 0.2) is 0 Å². The fourth-order valence-electron chi connectivity index (χ4n) is 1.59. The Morgan fingerprint density at radius 1 is 1.33 bits per heavy atom. The Bertz CT molecular complexity index is 562. The molecule has 0 amide bonds. The number of hydrogen-bond donors (Lipinski definition) is 0. The molecule has 0 fully saturated rings. The van der Waals surface area contributed by atoms with E-state index in [1.54, 1.807) is 6.07 Å². The van der Waals surface area contributed by atoms with Crippen molar-refractivity contribution in [3.8, 4) is 0 Å². The van der Waals surface area contributed by atoms with Crippen LogP contribution in [0.4, 0.5) is 4.39 Å². The molecule has 1 aromatic heterocycles. The zero-order valence-electron chi connectivity index (χ0n) is 9.25. The van der Waals surface area contributed by atoms with E-state index in [2.05, 4.69) is 15.9 Å². The summed E-state index contributed by atoms with van der Waals surface area (Å²) in [5.74, 6) is -0.480. The Kier molecular flexibility index (Phi) is 4.54. The molecular formula is C13H9BrClFOS. The molecule has 0 aliphatic rings. The molecule has 2 aromatic rings. The molecule has 1 aromatic carbocycles. The van der Waals surface area contributed by atoms with Gasteiger partial charge in [-0.2, -0.15) is 0 Å². The molecule has 18 heavy (non-hydrogen) atoms. The highest BCUT2D eigenvalue weighted by Gasteiger charge is 2.14. The molecule has 0 atom stereocenters. The Hall–Kier alpha value is -0.710. The summed E-state index contributed by atoms with van der Waals surface area (Å²) in [5, 5.41) is 2.21.